The molecule has 1 aromatic carbocycles. The summed E-state index contributed by atoms with van der Waals surface area (Å²) in [6.07, 6.45) is 3.40. The normalized spacial score (nSPS) is 15.5. The Morgan fingerprint density at radius 1 is 1.19 bits per heavy atom. The van der Waals surface area contributed by atoms with Gasteiger partial charge in [-0.1, -0.05) is 41.4 Å². The van der Waals surface area contributed by atoms with Gasteiger partial charge in [-0.15, -0.1) is 11.3 Å². The zero-order valence-electron chi connectivity index (χ0n) is 19.5. The van der Waals surface area contributed by atoms with E-state index in [1.54, 1.807) is 47.9 Å². The first-order valence-corrected chi connectivity index (χ1v) is 12.9. The predicted octanol–water partition coefficient (Wildman–Crippen LogP) is 2.20. The number of nitrogens with one attached hydrogen (secondary N) is 2. The van der Waals surface area contributed by atoms with Gasteiger partial charge in [-0.25, -0.2) is 0 Å². The van der Waals surface area contributed by atoms with E-state index in [2.05, 4.69) is 27.6 Å². The van der Waals surface area contributed by atoms with Gasteiger partial charge in [-0.05, 0) is 46.7 Å². The number of carbonyl (C=O) groups is 3. The number of nitrogens with two attached hydrogens (primary N) is 1. The highest BCUT2D eigenvalue weighted by Crippen LogP contribution is 2.23. The second-order valence-corrected chi connectivity index (χ2v) is 9.86. The summed E-state index contributed by atoms with van der Waals surface area (Å²) in [6.45, 7) is 0.449. The highest BCUT2D eigenvalue weighted by atomic mass is 32.1. The summed E-state index contributed by atoms with van der Waals surface area (Å²) in [7, 11) is 0. The molecule has 5 N–H and O–H groups in total. The molecule has 3 heterocycles. The summed E-state index contributed by atoms with van der Waals surface area (Å²) in [5.74, 6) is 3.94. The van der Waals surface area contributed by atoms with Crippen molar-refractivity contribution in [3.63, 3.8) is 0 Å². The van der Waals surface area contributed by atoms with E-state index in [1.165, 1.54) is 27.6 Å². The van der Waals surface area contributed by atoms with Crippen molar-refractivity contribution in [2.45, 2.75) is 18.6 Å². The largest absolute Gasteiger partial charge is 0.409 e. The second-order valence-electron chi connectivity index (χ2n) is 7.91. The van der Waals surface area contributed by atoms with Crippen molar-refractivity contribution < 1.29 is 19.6 Å². The molecule has 0 radical (unpaired) electrons. The van der Waals surface area contributed by atoms with Crippen LogP contribution in [0.1, 0.15) is 26.9 Å². The van der Waals surface area contributed by atoms with Gasteiger partial charge < -0.3 is 26.5 Å². The second kappa shape index (κ2) is 12.0. The molecule has 0 aliphatic carbocycles. The molecule has 9 nitrogen and oxygen atoms in total. The lowest BCUT2D eigenvalue weighted by Crippen LogP contribution is -2.50. The Kier molecular flexibility index (Phi) is 8.35. The van der Waals surface area contributed by atoms with E-state index in [9.17, 15) is 14.4 Å². The Bertz CT molecular complexity index is 1390. The molecule has 1 unspecified atom stereocenters. The van der Waals surface area contributed by atoms with Gasteiger partial charge in [0.25, 0.3) is 11.8 Å². The minimum atomic E-state index is -0.986. The van der Waals surface area contributed by atoms with Crippen LogP contribution in [0.2, 0.25) is 0 Å². The number of amides is 3. The number of benzene rings is 1. The van der Waals surface area contributed by atoms with Gasteiger partial charge in [0.05, 0.1) is 11.4 Å². The van der Waals surface area contributed by atoms with Crippen LogP contribution in [0.4, 0.5) is 0 Å². The third kappa shape index (κ3) is 6.43. The molecule has 3 aromatic rings. The molecule has 2 atom stereocenters. The molecule has 4 rings (SSSR count). The number of hydrogen-bond donors (Lipinski definition) is 4. The van der Waals surface area contributed by atoms with Crippen molar-refractivity contribution in [1.82, 2.24) is 15.5 Å². The van der Waals surface area contributed by atoms with E-state index >= 15 is 0 Å². The maximum Gasteiger partial charge on any atom is 0.297 e. The van der Waals surface area contributed by atoms with E-state index in [1.807, 2.05) is 23.6 Å². The minimum Gasteiger partial charge on any atom is -0.409 e. The number of thiophene rings is 2. The van der Waals surface area contributed by atoms with Crippen LogP contribution in [0.3, 0.4) is 0 Å². The fraction of sp³-hybridized carbons (Fsp3) is 0.154. The average molecular weight is 534 g/mol. The fourth-order valence-corrected chi connectivity index (χ4v) is 5.16. The van der Waals surface area contributed by atoms with Crippen molar-refractivity contribution in [3.05, 3.63) is 92.3 Å². The van der Waals surface area contributed by atoms with Crippen LogP contribution in [0.5, 0.6) is 0 Å². The summed E-state index contributed by atoms with van der Waals surface area (Å²) in [5.41, 5.74) is 6.90. The van der Waals surface area contributed by atoms with Crippen molar-refractivity contribution in [1.29, 1.82) is 0 Å². The summed E-state index contributed by atoms with van der Waals surface area (Å²) in [5, 5.41) is 20.9. The maximum atomic E-state index is 13.6. The van der Waals surface area contributed by atoms with Crippen LogP contribution in [0.15, 0.2) is 76.6 Å². The number of rotatable bonds is 7. The third-order valence-corrected chi connectivity index (χ3v) is 7.27. The first-order chi connectivity index (χ1) is 18.0. The first kappa shape index (κ1) is 25.7. The third-order valence-electron chi connectivity index (χ3n) is 5.46. The monoisotopic (exact) mass is 533 g/mol. The number of oxime groups is 1. The SMILES string of the molecule is N/C(=N\O)c1ccc(CNC(=O)C2C=CCN2C(=O)[C@@H](NC(=O)C#Cc2ccccc2)c2ccsc2)s1. The summed E-state index contributed by atoms with van der Waals surface area (Å²) in [6, 6.07) is 12.5. The number of amidine groups is 1. The highest BCUT2D eigenvalue weighted by molar-refractivity contribution is 7.14. The van der Waals surface area contributed by atoms with Gasteiger partial charge in [0.15, 0.2) is 5.84 Å². The van der Waals surface area contributed by atoms with Gasteiger partial charge in [-0.3, -0.25) is 14.4 Å². The molecule has 0 saturated heterocycles. The molecule has 1 aliphatic heterocycles. The van der Waals surface area contributed by atoms with Gasteiger partial charge in [0, 0.05) is 22.9 Å². The topological polar surface area (TPSA) is 137 Å². The van der Waals surface area contributed by atoms with E-state index in [-0.39, 0.29) is 24.8 Å². The Morgan fingerprint density at radius 2 is 2.00 bits per heavy atom. The molecule has 37 heavy (non-hydrogen) atoms. The van der Waals surface area contributed by atoms with Gasteiger partial charge >= 0.3 is 0 Å². The lowest BCUT2D eigenvalue weighted by Gasteiger charge is -2.28. The van der Waals surface area contributed by atoms with Crippen molar-refractivity contribution >= 4 is 46.2 Å². The summed E-state index contributed by atoms with van der Waals surface area (Å²) < 4.78 is 0. The minimum absolute atomic E-state index is 0.00643. The average Bonchev–Trinajstić information content (AvgIpc) is 3.71. The first-order valence-electron chi connectivity index (χ1n) is 11.2. The Labute approximate surface area is 221 Å². The highest BCUT2D eigenvalue weighted by Gasteiger charge is 2.35. The predicted molar refractivity (Wildman–Crippen MR) is 142 cm³/mol. The molecule has 0 bridgehead atoms. The molecule has 3 amide bonds. The molecule has 11 heteroatoms. The molecule has 0 saturated carbocycles. The van der Waals surface area contributed by atoms with Crippen LogP contribution >= 0.6 is 22.7 Å². The lowest BCUT2D eigenvalue weighted by molar-refractivity contribution is -0.140. The van der Waals surface area contributed by atoms with Crippen LogP contribution in [0.25, 0.3) is 0 Å². The standard InChI is InChI=1S/C26H23N5O4S2/c27-24(30-35)21-10-9-19(37-21)15-28-25(33)20-7-4-13-31(20)26(34)23(18-12-14-36-16-18)29-22(32)11-8-17-5-2-1-3-6-17/h1-7,9-10,12,14,16,20,23,35H,13,15H2,(H2,27,30)(H,28,33)(H,29,32)/t20?,23-/m0/s1. The van der Waals surface area contributed by atoms with Crippen LogP contribution < -0.4 is 16.4 Å². The van der Waals surface area contributed by atoms with Crippen molar-refractivity contribution in [2.24, 2.45) is 10.9 Å². The molecule has 0 fully saturated rings. The van der Waals surface area contributed by atoms with E-state index < -0.39 is 23.9 Å². The molecule has 1 aliphatic rings. The number of carbonyl (C=O) groups excluding carboxylic acids is 3. The smallest absolute Gasteiger partial charge is 0.297 e. The van der Waals surface area contributed by atoms with Crippen molar-refractivity contribution in [3.8, 4) is 11.8 Å². The van der Waals surface area contributed by atoms with Gasteiger partial charge in [0.1, 0.15) is 12.1 Å². The van der Waals surface area contributed by atoms with Crippen LogP contribution in [-0.4, -0.2) is 46.3 Å². The summed E-state index contributed by atoms with van der Waals surface area (Å²) in [4.78, 5) is 41.9. The Balaban J connectivity index is 1.44. The van der Waals surface area contributed by atoms with Crippen LogP contribution in [-0.2, 0) is 20.9 Å². The summed E-state index contributed by atoms with van der Waals surface area (Å²) >= 11 is 2.68. The van der Waals surface area contributed by atoms with Gasteiger partial charge in [-0.2, -0.15) is 11.3 Å². The van der Waals surface area contributed by atoms with E-state index in [0.29, 0.717) is 16.0 Å². The van der Waals surface area contributed by atoms with E-state index in [4.69, 9.17) is 10.9 Å². The van der Waals surface area contributed by atoms with E-state index in [0.717, 1.165) is 4.88 Å². The van der Waals surface area contributed by atoms with Crippen molar-refractivity contribution in [2.75, 3.05) is 6.54 Å². The quantitative estimate of drug-likeness (QED) is 0.0922. The zero-order valence-corrected chi connectivity index (χ0v) is 21.1. The molecule has 188 valence electrons. The Morgan fingerprint density at radius 3 is 2.73 bits per heavy atom. The maximum absolute atomic E-state index is 13.6. The Hall–Kier alpha value is -4.40. The fourth-order valence-electron chi connectivity index (χ4n) is 3.63. The number of nitrogens with zero attached hydrogens (tertiary/aromatic N) is 2. The molecular formula is C26H23N5O4S2. The molecule has 0 spiro atoms. The molecule has 2 aromatic heterocycles. The lowest BCUT2D eigenvalue weighted by atomic mass is 10.1. The number of hydrogen-bond acceptors (Lipinski definition) is 7. The van der Waals surface area contributed by atoms with Crippen LogP contribution in [0, 0.1) is 11.8 Å². The molecular weight excluding hydrogens is 510 g/mol. The zero-order chi connectivity index (χ0) is 26.2. The van der Waals surface area contributed by atoms with Gasteiger partial charge in [0.2, 0.25) is 5.91 Å².